The lowest BCUT2D eigenvalue weighted by molar-refractivity contribution is -0.577. The molecule has 1 spiro atoms. The molecule has 9 heteroatoms. The number of aromatic hydroxyl groups is 2. The summed E-state index contributed by atoms with van der Waals surface area (Å²) in [5, 5.41) is 18.9. The van der Waals surface area contributed by atoms with Gasteiger partial charge in [-0.25, -0.2) is 14.6 Å². The standard InChI is InChI=1S/C27H36O9/c1-16-5-8-20-17(2)24(33-25-27(20)19(16)11-12-26(3,34-25)35-36-27)32-14-4-13-31-23(30)10-7-18-6-9-21(28)22(29)15-18/h6-7,9-10,15-17,19-20,24-25,28-29H,4-5,8,11-14H2,1-3H3/b10-7+/t16-,17-,19+,20+,24+,25-,26-,27-/m1/s1. The van der Waals surface area contributed by atoms with Gasteiger partial charge in [-0.1, -0.05) is 19.9 Å². The van der Waals surface area contributed by atoms with Crippen LogP contribution in [-0.4, -0.2) is 53.4 Å². The number of rotatable bonds is 7. The van der Waals surface area contributed by atoms with Crippen LogP contribution in [0.3, 0.4) is 0 Å². The fourth-order valence-corrected chi connectivity index (χ4v) is 6.35. The summed E-state index contributed by atoms with van der Waals surface area (Å²) in [7, 11) is 0. The molecular weight excluding hydrogens is 468 g/mol. The third-order valence-corrected chi connectivity index (χ3v) is 8.32. The number of carbonyl (C=O) groups excluding carboxylic acids is 1. The first kappa shape index (κ1) is 25.5. The van der Waals surface area contributed by atoms with E-state index in [9.17, 15) is 15.0 Å². The van der Waals surface area contributed by atoms with Crippen molar-refractivity contribution >= 4 is 12.0 Å². The predicted octanol–water partition coefficient (Wildman–Crippen LogP) is 4.27. The molecule has 9 nitrogen and oxygen atoms in total. The quantitative estimate of drug-likeness (QED) is 0.185. The molecule has 1 aromatic rings. The Labute approximate surface area is 211 Å². The van der Waals surface area contributed by atoms with E-state index < -0.39 is 29.9 Å². The fraction of sp³-hybridized carbons (Fsp3) is 0.667. The van der Waals surface area contributed by atoms with Crippen molar-refractivity contribution in [3.8, 4) is 11.5 Å². The van der Waals surface area contributed by atoms with Crippen LogP contribution in [0.1, 0.15) is 58.4 Å². The van der Waals surface area contributed by atoms with Crippen molar-refractivity contribution in [2.75, 3.05) is 13.2 Å². The van der Waals surface area contributed by atoms with Gasteiger partial charge in [-0.15, -0.1) is 0 Å². The molecule has 1 aromatic carbocycles. The number of fused-ring (bicyclic) bond motifs is 2. The van der Waals surface area contributed by atoms with Crippen LogP contribution in [0.15, 0.2) is 24.3 Å². The van der Waals surface area contributed by atoms with Gasteiger partial charge in [0.1, 0.15) is 0 Å². The molecule has 4 saturated heterocycles. The highest BCUT2D eigenvalue weighted by molar-refractivity contribution is 5.87. The van der Waals surface area contributed by atoms with Crippen molar-refractivity contribution in [1.29, 1.82) is 0 Å². The predicted molar refractivity (Wildman–Crippen MR) is 127 cm³/mol. The maximum Gasteiger partial charge on any atom is 0.330 e. The SMILES string of the molecule is C[C@H]1[C@@H](OCCCOC(=O)/C=C/c2ccc(O)c(O)c2)O[C@@H]2O[C@@]3(C)CC[C@H]4[C@H](C)CC[C@@H]1[C@@]24OO3. The lowest BCUT2D eigenvalue weighted by Gasteiger charge is -2.60. The van der Waals surface area contributed by atoms with E-state index in [1.165, 1.54) is 24.3 Å². The number of ether oxygens (including phenoxy) is 4. The zero-order chi connectivity index (χ0) is 25.5. The molecule has 0 unspecified atom stereocenters. The van der Waals surface area contributed by atoms with Gasteiger partial charge in [0.2, 0.25) is 5.79 Å². The van der Waals surface area contributed by atoms with Crippen molar-refractivity contribution < 1.29 is 43.7 Å². The van der Waals surface area contributed by atoms with Crippen LogP contribution in [0.2, 0.25) is 0 Å². The van der Waals surface area contributed by atoms with Crippen LogP contribution in [0.5, 0.6) is 11.5 Å². The number of phenolic OH excluding ortho intramolecular Hbond substituents is 2. The van der Waals surface area contributed by atoms with E-state index in [1.54, 1.807) is 6.07 Å². The minimum atomic E-state index is -0.816. The second-order valence-corrected chi connectivity index (χ2v) is 10.7. The van der Waals surface area contributed by atoms with Gasteiger partial charge in [0.15, 0.2) is 29.7 Å². The molecule has 36 heavy (non-hydrogen) atoms. The molecule has 4 heterocycles. The molecule has 0 aromatic heterocycles. The van der Waals surface area contributed by atoms with Crippen LogP contribution in [0, 0.1) is 23.7 Å². The van der Waals surface area contributed by atoms with Gasteiger partial charge in [0, 0.05) is 30.8 Å². The van der Waals surface area contributed by atoms with Crippen LogP contribution >= 0.6 is 0 Å². The number of benzene rings is 1. The van der Waals surface area contributed by atoms with E-state index in [4.69, 9.17) is 28.7 Å². The normalized spacial score (nSPS) is 39.5. The lowest BCUT2D eigenvalue weighted by atomic mass is 9.58. The highest BCUT2D eigenvalue weighted by Crippen LogP contribution is 2.60. The Morgan fingerprint density at radius 1 is 1.11 bits per heavy atom. The topological polar surface area (TPSA) is 113 Å². The smallest absolute Gasteiger partial charge is 0.330 e. The monoisotopic (exact) mass is 504 g/mol. The molecule has 2 N–H and O–H groups in total. The summed E-state index contributed by atoms with van der Waals surface area (Å²) in [6.07, 6.45) is 6.22. The molecule has 2 bridgehead atoms. The molecule has 0 amide bonds. The summed E-state index contributed by atoms with van der Waals surface area (Å²) < 4.78 is 24.1. The van der Waals surface area contributed by atoms with Crippen molar-refractivity contribution in [3.63, 3.8) is 0 Å². The van der Waals surface area contributed by atoms with E-state index >= 15 is 0 Å². The van der Waals surface area contributed by atoms with Crippen molar-refractivity contribution in [3.05, 3.63) is 29.8 Å². The number of carbonyl (C=O) groups is 1. The van der Waals surface area contributed by atoms with Crippen molar-refractivity contribution in [2.24, 2.45) is 23.7 Å². The van der Waals surface area contributed by atoms with Gasteiger partial charge in [0.05, 0.1) is 13.2 Å². The molecule has 8 atom stereocenters. The van der Waals surface area contributed by atoms with Gasteiger partial charge in [0.25, 0.3) is 0 Å². The lowest BCUT2D eigenvalue weighted by Crippen LogP contribution is -2.70. The Bertz CT molecular complexity index is 995. The Morgan fingerprint density at radius 3 is 2.75 bits per heavy atom. The Hall–Kier alpha value is -2.17. The number of esters is 1. The Kier molecular flexibility index (Phi) is 7.04. The van der Waals surface area contributed by atoms with Gasteiger partial charge in [-0.05, 0) is 61.8 Å². The van der Waals surface area contributed by atoms with E-state index in [-0.39, 0.29) is 29.9 Å². The third-order valence-electron chi connectivity index (χ3n) is 8.32. The van der Waals surface area contributed by atoms with Crippen molar-refractivity contribution in [2.45, 2.75) is 76.8 Å². The van der Waals surface area contributed by atoms with Crippen LogP contribution < -0.4 is 0 Å². The minimum Gasteiger partial charge on any atom is -0.504 e. The molecule has 1 aliphatic carbocycles. The van der Waals surface area contributed by atoms with E-state index in [2.05, 4.69) is 13.8 Å². The van der Waals surface area contributed by atoms with E-state index in [1.807, 2.05) is 6.92 Å². The zero-order valence-electron chi connectivity index (χ0n) is 21.1. The molecule has 0 radical (unpaired) electrons. The summed E-state index contributed by atoms with van der Waals surface area (Å²) in [6.45, 7) is 6.91. The number of hydrogen-bond acceptors (Lipinski definition) is 9. The van der Waals surface area contributed by atoms with Crippen LogP contribution in [0.25, 0.3) is 6.08 Å². The van der Waals surface area contributed by atoms with Crippen LogP contribution in [0.4, 0.5) is 0 Å². The highest BCUT2D eigenvalue weighted by Gasteiger charge is 2.69. The van der Waals surface area contributed by atoms with Crippen molar-refractivity contribution in [1.82, 2.24) is 0 Å². The first-order chi connectivity index (χ1) is 17.2. The molecule has 4 aliphatic heterocycles. The Balaban J connectivity index is 1.13. The molecule has 1 saturated carbocycles. The average Bonchev–Trinajstić information content (AvgIpc) is 3.08. The maximum atomic E-state index is 12.0. The second kappa shape index (κ2) is 9.95. The first-order valence-corrected chi connectivity index (χ1v) is 12.9. The molecule has 6 rings (SSSR count). The largest absolute Gasteiger partial charge is 0.504 e. The highest BCUT2D eigenvalue weighted by atomic mass is 17.3. The van der Waals surface area contributed by atoms with Gasteiger partial charge < -0.3 is 29.2 Å². The number of hydrogen-bond donors (Lipinski definition) is 2. The third kappa shape index (κ3) is 4.63. The van der Waals surface area contributed by atoms with Gasteiger partial charge in [-0.2, -0.15) is 0 Å². The molecule has 198 valence electrons. The summed E-state index contributed by atoms with van der Waals surface area (Å²) in [5.74, 6) is -0.662. The maximum absolute atomic E-state index is 12.0. The first-order valence-electron chi connectivity index (χ1n) is 12.9. The summed E-state index contributed by atoms with van der Waals surface area (Å²) in [5.41, 5.74) is -0.0351. The van der Waals surface area contributed by atoms with Gasteiger partial charge in [-0.3, -0.25) is 0 Å². The second-order valence-electron chi connectivity index (χ2n) is 10.7. The van der Waals surface area contributed by atoms with E-state index in [0.717, 1.165) is 25.7 Å². The molecular formula is C27H36O9. The summed E-state index contributed by atoms with van der Waals surface area (Å²) in [6, 6.07) is 4.30. The Morgan fingerprint density at radius 2 is 1.94 bits per heavy atom. The summed E-state index contributed by atoms with van der Waals surface area (Å²) in [4.78, 5) is 24.0. The fourth-order valence-electron chi connectivity index (χ4n) is 6.35. The summed E-state index contributed by atoms with van der Waals surface area (Å²) >= 11 is 0. The zero-order valence-corrected chi connectivity index (χ0v) is 21.1. The minimum absolute atomic E-state index is 0.0955. The molecule has 5 fully saturated rings. The van der Waals surface area contributed by atoms with Gasteiger partial charge >= 0.3 is 5.97 Å². The van der Waals surface area contributed by atoms with Crippen LogP contribution in [-0.2, 0) is 33.5 Å². The number of phenols is 2. The average molecular weight is 505 g/mol. The molecule has 5 aliphatic rings. The van der Waals surface area contributed by atoms with E-state index in [0.29, 0.717) is 30.4 Å².